The first kappa shape index (κ1) is 17.8. The number of likely N-dealkylation sites (tertiary alicyclic amines) is 1. The van der Waals surface area contributed by atoms with Crippen LogP contribution in [0.25, 0.3) is 0 Å². The molecule has 0 aliphatic carbocycles. The van der Waals surface area contributed by atoms with Crippen LogP contribution in [0.3, 0.4) is 0 Å². The van der Waals surface area contributed by atoms with E-state index >= 15 is 0 Å². The van der Waals surface area contributed by atoms with Crippen LogP contribution in [-0.4, -0.2) is 52.2 Å². The Kier molecular flexibility index (Phi) is 9.60. The summed E-state index contributed by atoms with van der Waals surface area (Å²) in [6.07, 6.45) is 7.26. The summed E-state index contributed by atoms with van der Waals surface area (Å²) in [5.74, 6) is -0.968. The summed E-state index contributed by atoms with van der Waals surface area (Å²) in [5, 5.41) is 0. The van der Waals surface area contributed by atoms with E-state index in [-0.39, 0.29) is 60.1 Å². The summed E-state index contributed by atoms with van der Waals surface area (Å²) >= 11 is 0. The molecule has 18 heavy (non-hydrogen) atoms. The Bertz CT molecular complexity index is 289. The average molecular weight is 263 g/mol. The minimum absolute atomic E-state index is 0. The molecule has 0 radical (unpaired) electrons. The summed E-state index contributed by atoms with van der Waals surface area (Å²) in [7, 11) is 0. The van der Waals surface area contributed by atoms with E-state index in [9.17, 15) is 14.4 Å². The molecule has 4 nitrogen and oxygen atoms in total. The van der Waals surface area contributed by atoms with Crippen LogP contribution >= 0.6 is 0 Å². The van der Waals surface area contributed by atoms with Crippen LogP contribution in [0.15, 0.2) is 0 Å². The van der Waals surface area contributed by atoms with Crippen LogP contribution in [0.4, 0.5) is 0 Å². The third-order valence-corrected chi connectivity index (χ3v) is 3.05. The Balaban J connectivity index is 0.00000289. The number of rotatable bonds is 7. The van der Waals surface area contributed by atoms with Gasteiger partial charge in [0.15, 0.2) is 0 Å². The van der Waals surface area contributed by atoms with E-state index in [2.05, 4.69) is 6.92 Å². The summed E-state index contributed by atoms with van der Waals surface area (Å²) in [4.78, 5) is 35.0. The first-order valence-electron chi connectivity index (χ1n) is 6.55. The van der Waals surface area contributed by atoms with E-state index in [1.807, 2.05) is 0 Å². The van der Waals surface area contributed by atoms with Crippen molar-refractivity contribution in [3.05, 3.63) is 0 Å². The van der Waals surface area contributed by atoms with Crippen LogP contribution < -0.4 is 0 Å². The van der Waals surface area contributed by atoms with Crippen LogP contribution in [0.5, 0.6) is 0 Å². The molecule has 0 spiro atoms. The molecule has 0 saturated carbocycles. The van der Waals surface area contributed by atoms with Gasteiger partial charge >= 0.3 is 29.6 Å². The molecular formula is C13H22NNaO3. The van der Waals surface area contributed by atoms with Crippen molar-refractivity contribution in [2.24, 2.45) is 0 Å². The molecule has 0 unspecified atom stereocenters. The third-order valence-electron chi connectivity index (χ3n) is 3.05. The molecule has 1 aliphatic heterocycles. The van der Waals surface area contributed by atoms with Gasteiger partial charge in [0.2, 0.25) is 17.7 Å². The molecule has 0 atom stereocenters. The third kappa shape index (κ3) is 5.63. The van der Waals surface area contributed by atoms with E-state index < -0.39 is 0 Å². The van der Waals surface area contributed by atoms with Crippen molar-refractivity contribution in [2.45, 2.75) is 64.7 Å². The number of hydrogen-bond acceptors (Lipinski definition) is 3. The number of imide groups is 3. The van der Waals surface area contributed by atoms with Gasteiger partial charge in [-0.2, -0.15) is 0 Å². The van der Waals surface area contributed by atoms with Gasteiger partial charge in [0.25, 0.3) is 0 Å². The standard InChI is InChI=1S/C13H21NO3.Na.H/c1-2-3-4-5-6-7-8-11(15)14-12(16)9-10-13(14)17;;/h2-10H2,1H3;;. The van der Waals surface area contributed by atoms with Crippen LogP contribution in [-0.2, 0) is 14.4 Å². The molecule has 0 N–H and O–H groups in total. The van der Waals surface area contributed by atoms with Crippen molar-refractivity contribution in [1.29, 1.82) is 0 Å². The number of carbonyl (C=O) groups is 3. The van der Waals surface area contributed by atoms with Gasteiger partial charge in [0.1, 0.15) is 0 Å². The Morgan fingerprint density at radius 3 is 2.06 bits per heavy atom. The molecule has 0 aromatic carbocycles. The van der Waals surface area contributed by atoms with E-state index in [1.165, 1.54) is 19.3 Å². The molecule has 1 heterocycles. The maximum atomic E-state index is 11.6. The van der Waals surface area contributed by atoms with Crippen molar-refractivity contribution in [2.75, 3.05) is 0 Å². The first-order chi connectivity index (χ1) is 8.16. The topological polar surface area (TPSA) is 54.5 Å². The molecule has 0 aromatic heterocycles. The Labute approximate surface area is 131 Å². The first-order valence-corrected chi connectivity index (χ1v) is 6.55. The van der Waals surface area contributed by atoms with Gasteiger partial charge in [-0.25, -0.2) is 4.90 Å². The SMILES string of the molecule is CCCCCCCCC(=O)N1C(=O)CCC1=O.[NaH]. The van der Waals surface area contributed by atoms with Crippen molar-refractivity contribution in [1.82, 2.24) is 4.90 Å². The molecule has 0 aromatic rings. The summed E-state index contributed by atoms with van der Waals surface area (Å²) in [6.45, 7) is 2.16. The summed E-state index contributed by atoms with van der Waals surface area (Å²) < 4.78 is 0. The van der Waals surface area contributed by atoms with Crippen molar-refractivity contribution >= 4 is 47.3 Å². The quantitative estimate of drug-likeness (QED) is 0.399. The van der Waals surface area contributed by atoms with Crippen molar-refractivity contribution in [3.63, 3.8) is 0 Å². The zero-order valence-corrected chi connectivity index (χ0v) is 10.5. The van der Waals surface area contributed by atoms with Gasteiger partial charge in [-0.05, 0) is 6.42 Å². The summed E-state index contributed by atoms with van der Waals surface area (Å²) in [6, 6.07) is 0. The van der Waals surface area contributed by atoms with E-state index in [4.69, 9.17) is 0 Å². The minimum atomic E-state index is -0.328. The van der Waals surface area contributed by atoms with Crippen molar-refractivity contribution < 1.29 is 14.4 Å². The molecule has 5 heteroatoms. The normalized spacial score (nSPS) is 14.8. The fourth-order valence-electron chi connectivity index (χ4n) is 2.02. The van der Waals surface area contributed by atoms with Gasteiger partial charge in [0, 0.05) is 19.3 Å². The van der Waals surface area contributed by atoms with Crippen LogP contribution in [0.1, 0.15) is 64.7 Å². The monoisotopic (exact) mass is 263 g/mol. The molecule has 0 bridgehead atoms. The second kappa shape index (κ2) is 9.70. The van der Waals surface area contributed by atoms with Crippen LogP contribution in [0, 0.1) is 0 Å². The van der Waals surface area contributed by atoms with E-state index in [0.29, 0.717) is 6.42 Å². The second-order valence-electron chi connectivity index (χ2n) is 4.53. The fraction of sp³-hybridized carbons (Fsp3) is 0.769. The summed E-state index contributed by atoms with van der Waals surface area (Å²) in [5.41, 5.74) is 0. The predicted molar refractivity (Wildman–Crippen MR) is 71.2 cm³/mol. The molecule has 3 amide bonds. The number of amides is 3. The number of nitrogens with zero attached hydrogens (tertiary/aromatic N) is 1. The Morgan fingerprint density at radius 1 is 1.00 bits per heavy atom. The van der Waals surface area contributed by atoms with E-state index in [1.54, 1.807) is 0 Å². The number of hydrogen-bond donors (Lipinski definition) is 0. The average Bonchev–Trinajstić information content (AvgIpc) is 2.63. The van der Waals surface area contributed by atoms with Gasteiger partial charge in [-0.1, -0.05) is 39.0 Å². The molecule has 1 aliphatic rings. The molecule has 1 fully saturated rings. The van der Waals surface area contributed by atoms with Gasteiger partial charge in [-0.15, -0.1) is 0 Å². The zero-order valence-electron chi connectivity index (χ0n) is 10.5. The Morgan fingerprint density at radius 2 is 1.50 bits per heavy atom. The van der Waals surface area contributed by atoms with Crippen LogP contribution in [0.2, 0.25) is 0 Å². The van der Waals surface area contributed by atoms with Crippen molar-refractivity contribution in [3.8, 4) is 0 Å². The number of unbranched alkanes of at least 4 members (excludes halogenated alkanes) is 5. The van der Waals surface area contributed by atoms with Gasteiger partial charge in [-0.3, -0.25) is 14.4 Å². The Hall–Kier alpha value is -0.190. The van der Waals surface area contributed by atoms with Gasteiger partial charge < -0.3 is 0 Å². The molecule has 1 saturated heterocycles. The van der Waals surface area contributed by atoms with Gasteiger partial charge in [0.05, 0.1) is 0 Å². The predicted octanol–water partition coefficient (Wildman–Crippen LogP) is 1.76. The zero-order chi connectivity index (χ0) is 12.7. The molecular weight excluding hydrogens is 241 g/mol. The molecule has 98 valence electrons. The van der Waals surface area contributed by atoms with E-state index in [0.717, 1.165) is 24.2 Å². The maximum absolute atomic E-state index is 11.6. The second-order valence-corrected chi connectivity index (χ2v) is 4.53. The number of carbonyl (C=O) groups excluding carboxylic acids is 3. The fourth-order valence-corrected chi connectivity index (χ4v) is 2.02. The molecule has 1 rings (SSSR count).